The number of likely N-dealkylation sites (tertiary alicyclic amines) is 1. The molecular formula is C17H22N2O3S. The maximum atomic E-state index is 12.6. The summed E-state index contributed by atoms with van der Waals surface area (Å²) >= 11 is 1.48. The van der Waals surface area contributed by atoms with Gasteiger partial charge in [-0.25, -0.2) is 0 Å². The van der Waals surface area contributed by atoms with Crippen LogP contribution in [0.3, 0.4) is 0 Å². The molecule has 2 amide bonds. The third kappa shape index (κ3) is 3.87. The van der Waals surface area contributed by atoms with Gasteiger partial charge in [-0.05, 0) is 30.9 Å². The van der Waals surface area contributed by atoms with Crippen LogP contribution >= 0.6 is 11.8 Å². The minimum Gasteiger partial charge on any atom is -0.384 e. The molecule has 1 aromatic carbocycles. The quantitative estimate of drug-likeness (QED) is 0.918. The van der Waals surface area contributed by atoms with Crippen LogP contribution in [0, 0.1) is 5.92 Å². The topological polar surface area (TPSA) is 58.6 Å². The number of thioether (sulfide) groups is 1. The molecule has 124 valence electrons. The molecule has 2 atom stereocenters. The Labute approximate surface area is 140 Å². The van der Waals surface area contributed by atoms with Gasteiger partial charge >= 0.3 is 0 Å². The molecule has 5 nitrogen and oxygen atoms in total. The van der Waals surface area contributed by atoms with Crippen LogP contribution in [0.5, 0.6) is 0 Å². The van der Waals surface area contributed by atoms with E-state index in [-0.39, 0.29) is 23.5 Å². The Kier molecular flexibility index (Phi) is 5.23. The average molecular weight is 334 g/mol. The first-order valence-corrected chi connectivity index (χ1v) is 8.88. The van der Waals surface area contributed by atoms with E-state index in [1.54, 1.807) is 7.11 Å². The molecule has 0 unspecified atom stereocenters. The summed E-state index contributed by atoms with van der Waals surface area (Å²) in [5.41, 5.74) is 0.837. The molecule has 0 saturated carbocycles. The molecule has 2 heterocycles. The van der Waals surface area contributed by atoms with E-state index in [0.717, 1.165) is 36.5 Å². The summed E-state index contributed by atoms with van der Waals surface area (Å²) in [7, 11) is 1.70. The van der Waals surface area contributed by atoms with Crippen molar-refractivity contribution in [2.24, 2.45) is 5.92 Å². The predicted octanol–water partition coefficient (Wildman–Crippen LogP) is 2.37. The molecule has 0 spiro atoms. The summed E-state index contributed by atoms with van der Waals surface area (Å²) in [5, 5.41) is 2.55. The standard InChI is InChI=1S/C17H22N2O3S/c1-22-11-12-5-4-8-19(10-12)16(20)9-15-17(21)18-13-6-2-3-7-14(13)23-15/h2-3,6-7,12,15H,4-5,8-11H2,1H3,(H,18,21)/t12-,15-/m1/s1. The third-order valence-corrected chi connectivity index (χ3v) is 5.62. The Balaban J connectivity index is 1.60. The van der Waals surface area contributed by atoms with Crippen LogP contribution in [0.15, 0.2) is 29.2 Å². The first-order chi connectivity index (χ1) is 11.2. The molecule has 23 heavy (non-hydrogen) atoms. The Morgan fingerprint density at radius 2 is 2.26 bits per heavy atom. The van der Waals surface area contributed by atoms with Crippen molar-refractivity contribution in [3.05, 3.63) is 24.3 Å². The fraction of sp³-hybridized carbons (Fsp3) is 0.529. The number of fused-ring (bicyclic) bond motifs is 1. The number of carbonyl (C=O) groups is 2. The van der Waals surface area contributed by atoms with Crippen molar-refractivity contribution >= 4 is 29.3 Å². The highest BCUT2D eigenvalue weighted by molar-refractivity contribution is 8.01. The van der Waals surface area contributed by atoms with Crippen LogP contribution in [-0.4, -0.2) is 48.8 Å². The highest BCUT2D eigenvalue weighted by atomic mass is 32.2. The van der Waals surface area contributed by atoms with E-state index >= 15 is 0 Å². The Hall–Kier alpha value is -1.53. The summed E-state index contributed by atoms with van der Waals surface area (Å²) < 4.78 is 5.21. The molecule has 0 radical (unpaired) electrons. The molecular weight excluding hydrogens is 312 g/mol. The smallest absolute Gasteiger partial charge is 0.238 e. The zero-order chi connectivity index (χ0) is 16.2. The minimum absolute atomic E-state index is 0.0674. The van der Waals surface area contributed by atoms with Crippen LogP contribution in [0.2, 0.25) is 0 Å². The first kappa shape index (κ1) is 16.3. The van der Waals surface area contributed by atoms with Crippen LogP contribution in [0.1, 0.15) is 19.3 Å². The van der Waals surface area contributed by atoms with Gasteiger partial charge in [0.1, 0.15) is 0 Å². The van der Waals surface area contributed by atoms with Crippen LogP contribution in [0.4, 0.5) is 5.69 Å². The monoisotopic (exact) mass is 334 g/mol. The third-order valence-electron chi connectivity index (χ3n) is 4.34. The van der Waals surface area contributed by atoms with E-state index < -0.39 is 0 Å². The van der Waals surface area contributed by atoms with Crippen LogP contribution < -0.4 is 5.32 Å². The van der Waals surface area contributed by atoms with Crippen LogP contribution in [0.25, 0.3) is 0 Å². The van der Waals surface area contributed by atoms with E-state index in [2.05, 4.69) is 5.32 Å². The fourth-order valence-electron chi connectivity index (χ4n) is 3.18. The number of rotatable bonds is 4. The van der Waals surface area contributed by atoms with Gasteiger partial charge in [-0.1, -0.05) is 12.1 Å². The second kappa shape index (κ2) is 7.36. The number of para-hydroxylation sites is 1. The SMILES string of the molecule is COC[C@@H]1CCCN(C(=O)C[C@H]2Sc3ccccc3NC2=O)C1. The summed E-state index contributed by atoms with van der Waals surface area (Å²) in [6.45, 7) is 2.22. The van der Waals surface area contributed by atoms with Crippen molar-refractivity contribution in [3.63, 3.8) is 0 Å². The summed E-state index contributed by atoms with van der Waals surface area (Å²) in [5.74, 6) is 0.400. The number of anilines is 1. The van der Waals surface area contributed by atoms with Gasteiger partial charge in [0, 0.05) is 31.5 Å². The number of methoxy groups -OCH3 is 1. The number of benzene rings is 1. The van der Waals surface area contributed by atoms with Gasteiger partial charge in [0.05, 0.1) is 17.5 Å². The molecule has 1 fully saturated rings. The number of piperidine rings is 1. The molecule has 1 N–H and O–H groups in total. The number of nitrogens with one attached hydrogen (secondary N) is 1. The Morgan fingerprint density at radius 1 is 1.43 bits per heavy atom. The van der Waals surface area contributed by atoms with Crippen molar-refractivity contribution in [2.45, 2.75) is 29.4 Å². The largest absolute Gasteiger partial charge is 0.384 e. The van der Waals surface area contributed by atoms with E-state index in [4.69, 9.17) is 4.74 Å². The highest BCUT2D eigenvalue weighted by Crippen LogP contribution is 2.37. The summed E-state index contributed by atoms with van der Waals surface area (Å²) in [6, 6.07) is 7.71. The van der Waals surface area contributed by atoms with Gasteiger partial charge < -0.3 is 15.0 Å². The number of hydrogen-bond donors (Lipinski definition) is 1. The molecule has 0 aliphatic carbocycles. The van der Waals surface area contributed by atoms with E-state index in [1.165, 1.54) is 11.8 Å². The van der Waals surface area contributed by atoms with Crippen molar-refractivity contribution < 1.29 is 14.3 Å². The summed E-state index contributed by atoms with van der Waals surface area (Å²) in [6.07, 6.45) is 2.36. The number of ether oxygens (including phenoxy) is 1. The lowest BCUT2D eigenvalue weighted by molar-refractivity contribution is -0.134. The van der Waals surface area contributed by atoms with Gasteiger partial charge in [-0.15, -0.1) is 11.8 Å². The highest BCUT2D eigenvalue weighted by Gasteiger charge is 2.31. The zero-order valence-electron chi connectivity index (χ0n) is 13.3. The lowest BCUT2D eigenvalue weighted by Crippen LogP contribution is -2.43. The van der Waals surface area contributed by atoms with Crippen molar-refractivity contribution in [1.82, 2.24) is 4.90 Å². The van der Waals surface area contributed by atoms with Crippen molar-refractivity contribution in [2.75, 3.05) is 32.1 Å². The van der Waals surface area contributed by atoms with E-state index in [0.29, 0.717) is 12.5 Å². The van der Waals surface area contributed by atoms with E-state index in [1.807, 2.05) is 29.2 Å². The molecule has 1 aromatic rings. The van der Waals surface area contributed by atoms with Gasteiger partial charge in [0.2, 0.25) is 11.8 Å². The van der Waals surface area contributed by atoms with Crippen molar-refractivity contribution in [1.29, 1.82) is 0 Å². The lowest BCUT2D eigenvalue weighted by atomic mass is 9.98. The second-order valence-corrected chi connectivity index (χ2v) is 7.34. The maximum absolute atomic E-state index is 12.6. The Morgan fingerprint density at radius 3 is 3.09 bits per heavy atom. The lowest BCUT2D eigenvalue weighted by Gasteiger charge is -2.33. The average Bonchev–Trinajstić information content (AvgIpc) is 2.56. The maximum Gasteiger partial charge on any atom is 0.238 e. The summed E-state index contributed by atoms with van der Waals surface area (Å²) in [4.78, 5) is 27.7. The van der Waals surface area contributed by atoms with Gasteiger partial charge in [0.15, 0.2) is 0 Å². The number of hydrogen-bond acceptors (Lipinski definition) is 4. The number of nitrogens with zero attached hydrogens (tertiary/aromatic N) is 1. The molecule has 1 saturated heterocycles. The molecule has 3 rings (SSSR count). The number of amides is 2. The molecule has 0 bridgehead atoms. The molecule has 6 heteroatoms. The molecule has 0 aromatic heterocycles. The van der Waals surface area contributed by atoms with Gasteiger partial charge in [-0.2, -0.15) is 0 Å². The first-order valence-electron chi connectivity index (χ1n) is 8.00. The van der Waals surface area contributed by atoms with Gasteiger partial charge in [0.25, 0.3) is 0 Å². The van der Waals surface area contributed by atoms with Crippen molar-refractivity contribution in [3.8, 4) is 0 Å². The molecule has 2 aliphatic heterocycles. The zero-order valence-corrected chi connectivity index (χ0v) is 14.1. The second-order valence-electron chi connectivity index (χ2n) is 6.10. The Bertz CT molecular complexity index is 591. The predicted molar refractivity (Wildman–Crippen MR) is 90.5 cm³/mol. The van der Waals surface area contributed by atoms with Crippen LogP contribution in [-0.2, 0) is 14.3 Å². The minimum atomic E-state index is -0.347. The number of carbonyl (C=O) groups excluding carboxylic acids is 2. The molecule has 2 aliphatic rings. The van der Waals surface area contributed by atoms with E-state index in [9.17, 15) is 9.59 Å². The normalized spacial score (nSPS) is 24.0. The van der Waals surface area contributed by atoms with Gasteiger partial charge in [-0.3, -0.25) is 9.59 Å². The fourth-order valence-corrected chi connectivity index (χ4v) is 4.28.